The van der Waals surface area contributed by atoms with Gasteiger partial charge in [0.1, 0.15) is 18.4 Å². The monoisotopic (exact) mass is 342 g/mol. The molecule has 10 nitrogen and oxygen atoms in total. The van der Waals surface area contributed by atoms with Gasteiger partial charge in [-0.15, -0.1) is 0 Å². The van der Waals surface area contributed by atoms with Gasteiger partial charge in [-0.3, -0.25) is 19.1 Å². The third kappa shape index (κ3) is 3.90. The van der Waals surface area contributed by atoms with E-state index in [0.29, 0.717) is 5.56 Å². The van der Waals surface area contributed by atoms with Crippen molar-refractivity contribution in [1.29, 1.82) is 0 Å². The molecule has 0 unspecified atom stereocenters. The second-order valence-electron chi connectivity index (χ2n) is 5.68. The normalized spacial score (nSPS) is 24.8. The van der Waals surface area contributed by atoms with E-state index in [0.717, 1.165) is 0 Å². The molecule has 1 saturated heterocycles. The lowest BCUT2D eigenvalue weighted by atomic mass is 10.1. The maximum atomic E-state index is 11.9. The smallest absolute Gasteiger partial charge is 0.330 e. The van der Waals surface area contributed by atoms with Crippen LogP contribution in [0.2, 0.25) is 0 Å². The van der Waals surface area contributed by atoms with Crippen LogP contribution in [0, 0.1) is 6.92 Å². The van der Waals surface area contributed by atoms with Crippen LogP contribution in [-0.2, 0) is 9.53 Å². The lowest BCUT2D eigenvalue weighted by molar-refractivity contribution is -0.125. The van der Waals surface area contributed by atoms with Crippen molar-refractivity contribution in [1.82, 2.24) is 20.2 Å². The molecule has 1 aromatic rings. The van der Waals surface area contributed by atoms with E-state index in [9.17, 15) is 19.5 Å². The molecule has 0 spiro atoms. The van der Waals surface area contributed by atoms with Gasteiger partial charge in [0.25, 0.3) is 5.56 Å². The van der Waals surface area contributed by atoms with E-state index in [2.05, 4.69) is 15.6 Å². The van der Waals surface area contributed by atoms with Crippen LogP contribution in [0.25, 0.3) is 0 Å². The summed E-state index contributed by atoms with van der Waals surface area (Å²) in [6.07, 6.45) is -0.780. The number of amides is 1. The highest BCUT2D eigenvalue weighted by atomic mass is 16.5. The van der Waals surface area contributed by atoms with E-state index in [1.54, 1.807) is 14.0 Å². The number of aliphatic hydroxyl groups is 2. The van der Waals surface area contributed by atoms with E-state index < -0.39 is 41.6 Å². The first-order valence-corrected chi connectivity index (χ1v) is 7.58. The lowest BCUT2D eigenvalue weighted by Gasteiger charge is -2.19. The largest absolute Gasteiger partial charge is 0.394 e. The average Bonchev–Trinajstić information content (AvgIpc) is 2.91. The molecule has 134 valence electrons. The number of aromatic nitrogens is 2. The van der Waals surface area contributed by atoms with Crippen molar-refractivity contribution < 1.29 is 19.7 Å². The van der Waals surface area contributed by atoms with Gasteiger partial charge in [-0.2, -0.15) is 0 Å². The molecular weight excluding hydrogens is 320 g/mol. The van der Waals surface area contributed by atoms with Gasteiger partial charge in [-0.05, 0) is 14.0 Å². The number of aliphatic hydroxyl groups excluding tert-OH is 2. The molecule has 1 aromatic heterocycles. The van der Waals surface area contributed by atoms with Crippen molar-refractivity contribution in [3.8, 4) is 0 Å². The first kappa shape index (κ1) is 18.3. The van der Waals surface area contributed by atoms with Crippen molar-refractivity contribution in [2.24, 2.45) is 0 Å². The van der Waals surface area contributed by atoms with Gasteiger partial charge in [-0.1, -0.05) is 0 Å². The molecule has 0 bridgehead atoms. The summed E-state index contributed by atoms with van der Waals surface area (Å²) in [5.41, 5.74) is -0.743. The highest BCUT2D eigenvalue weighted by Gasteiger charge is 2.36. The number of nitrogens with one attached hydrogen (secondary N) is 3. The number of hydrogen-bond donors (Lipinski definition) is 5. The Hall–Kier alpha value is -2.01. The number of nitrogens with zero attached hydrogens (tertiary/aromatic N) is 1. The van der Waals surface area contributed by atoms with Crippen molar-refractivity contribution in [2.45, 2.75) is 37.8 Å². The van der Waals surface area contributed by atoms with Gasteiger partial charge in [0.15, 0.2) is 0 Å². The highest BCUT2D eigenvalue weighted by Crippen LogP contribution is 2.27. The highest BCUT2D eigenvalue weighted by molar-refractivity contribution is 5.81. The zero-order chi connectivity index (χ0) is 17.9. The van der Waals surface area contributed by atoms with Crippen LogP contribution >= 0.6 is 0 Å². The van der Waals surface area contributed by atoms with Crippen molar-refractivity contribution in [2.75, 3.05) is 20.2 Å². The summed E-state index contributed by atoms with van der Waals surface area (Å²) < 4.78 is 6.84. The fourth-order valence-corrected chi connectivity index (χ4v) is 2.50. The summed E-state index contributed by atoms with van der Waals surface area (Å²) >= 11 is 0. The molecule has 4 atom stereocenters. The zero-order valence-electron chi connectivity index (χ0n) is 13.5. The third-order valence-electron chi connectivity index (χ3n) is 3.99. The molecule has 0 saturated carbocycles. The van der Waals surface area contributed by atoms with Crippen LogP contribution in [0.5, 0.6) is 0 Å². The minimum absolute atomic E-state index is 0.0335. The number of hydrogen-bond acceptors (Lipinski definition) is 7. The Morgan fingerprint density at radius 1 is 1.54 bits per heavy atom. The van der Waals surface area contributed by atoms with Crippen LogP contribution in [0.1, 0.15) is 18.2 Å². The Bertz CT molecular complexity index is 695. The number of ether oxygens (including phenoxy) is 1. The molecular formula is C14H22N4O6. The fraction of sp³-hybridized carbons (Fsp3) is 0.643. The van der Waals surface area contributed by atoms with Crippen molar-refractivity contribution >= 4 is 5.91 Å². The number of aromatic amines is 1. The van der Waals surface area contributed by atoms with Crippen LogP contribution in [0.15, 0.2) is 15.8 Å². The number of carbonyl (C=O) groups is 1. The maximum Gasteiger partial charge on any atom is 0.330 e. The van der Waals surface area contributed by atoms with Crippen LogP contribution < -0.4 is 21.9 Å². The minimum Gasteiger partial charge on any atom is -0.394 e. The molecule has 1 aliphatic heterocycles. The van der Waals surface area contributed by atoms with Crippen LogP contribution in [0.4, 0.5) is 0 Å². The van der Waals surface area contributed by atoms with Crippen molar-refractivity contribution in [3.63, 3.8) is 0 Å². The quantitative estimate of drug-likeness (QED) is 0.375. The van der Waals surface area contributed by atoms with Gasteiger partial charge in [0, 0.05) is 24.7 Å². The molecule has 1 amide bonds. The van der Waals surface area contributed by atoms with E-state index in [1.165, 1.54) is 10.8 Å². The van der Waals surface area contributed by atoms with E-state index in [-0.39, 0.29) is 19.6 Å². The molecule has 1 aliphatic rings. The predicted octanol–water partition coefficient (Wildman–Crippen LogP) is -2.81. The van der Waals surface area contributed by atoms with Gasteiger partial charge in [-0.25, -0.2) is 4.79 Å². The number of aryl methyl sites for hydroxylation is 1. The second kappa shape index (κ2) is 7.71. The summed E-state index contributed by atoms with van der Waals surface area (Å²) in [5.74, 6) is -0.420. The van der Waals surface area contributed by atoms with E-state index in [4.69, 9.17) is 9.84 Å². The van der Waals surface area contributed by atoms with E-state index in [1.807, 2.05) is 0 Å². The van der Waals surface area contributed by atoms with Gasteiger partial charge in [0.2, 0.25) is 5.91 Å². The average molecular weight is 342 g/mol. The second-order valence-corrected chi connectivity index (χ2v) is 5.68. The summed E-state index contributed by atoms with van der Waals surface area (Å²) in [6, 6.07) is -0.746. The molecule has 2 heterocycles. The Morgan fingerprint density at radius 3 is 2.88 bits per heavy atom. The number of H-pyrrole nitrogens is 1. The molecule has 5 N–H and O–H groups in total. The van der Waals surface area contributed by atoms with Gasteiger partial charge >= 0.3 is 5.69 Å². The van der Waals surface area contributed by atoms with Crippen molar-refractivity contribution in [3.05, 3.63) is 32.6 Å². The topological polar surface area (TPSA) is 146 Å². The zero-order valence-corrected chi connectivity index (χ0v) is 13.5. The molecule has 2 rings (SSSR count). The third-order valence-corrected chi connectivity index (χ3v) is 3.99. The maximum absolute atomic E-state index is 11.9. The van der Waals surface area contributed by atoms with E-state index >= 15 is 0 Å². The molecule has 1 fully saturated rings. The lowest BCUT2D eigenvalue weighted by Crippen LogP contribution is -2.48. The Balaban J connectivity index is 2.02. The first-order valence-electron chi connectivity index (χ1n) is 7.58. The Morgan fingerprint density at radius 2 is 2.25 bits per heavy atom. The molecule has 0 aliphatic carbocycles. The van der Waals surface area contributed by atoms with Crippen LogP contribution in [-0.4, -0.2) is 64.1 Å². The first-order chi connectivity index (χ1) is 11.4. The SMILES string of the molecule is CN[C@@H](CO)C(=O)NC[C@H]1O[C@@H](n2cc(C)c(=O)[nH]c2=O)C[C@@H]1O. The van der Waals surface area contributed by atoms with Gasteiger partial charge < -0.3 is 25.6 Å². The summed E-state index contributed by atoms with van der Waals surface area (Å²) in [7, 11) is 1.54. The number of likely N-dealkylation sites (N-methyl/N-ethyl adjacent to an activating group) is 1. The molecule has 0 aromatic carbocycles. The number of rotatable bonds is 6. The van der Waals surface area contributed by atoms with Crippen LogP contribution in [0.3, 0.4) is 0 Å². The molecule has 24 heavy (non-hydrogen) atoms. The molecule has 0 radical (unpaired) electrons. The predicted molar refractivity (Wildman–Crippen MR) is 83.5 cm³/mol. The molecule has 10 heteroatoms. The van der Waals surface area contributed by atoms with Gasteiger partial charge in [0.05, 0.1) is 12.7 Å². The number of carbonyl (C=O) groups excluding carboxylic acids is 1. The summed E-state index contributed by atoms with van der Waals surface area (Å²) in [5, 5.41) is 24.3. The minimum atomic E-state index is -0.878. The Labute approximate surface area is 137 Å². The summed E-state index contributed by atoms with van der Waals surface area (Å²) in [6.45, 7) is 1.24. The fourth-order valence-electron chi connectivity index (χ4n) is 2.50. The Kier molecular flexibility index (Phi) is 5.89. The standard InChI is InChI=1S/C14H22N4O6/c1-7-5-18(14(23)17-12(7)21)11-3-9(20)10(24-11)4-16-13(22)8(6-19)15-2/h5,8-11,15,19-20H,3-4,6H2,1-2H3,(H,16,22)(H,17,21,23)/t8-,9-,10+,11+/m0/s1. The summed E-state index contributed by atoms with van der Waals surface area (Å²) in [4.78, 5) is 37.2.